The second-order valence-electron chi connectivity index (χ2n) is 3.22. The van der Waals surface area contributed by atoms with Crippen LogP contribution in [0.25, 0.3) is 10.9 Å². The number of pyridine rings is 1. The van der Waals surface area contributed by atoms with Crippen molar-refractivity contribution in [2.24, 2.45) is 0 Å². The molecule has 2 rings (SSSR count). The molecule has 0 spiro atoms. The summed E-state index contributed by atoms with van der Waals surface area (Å²) in [6.07, 6.45) is 0. The fourth-order valence-corrected chi connectivity index (χ4v) is 1.59. The molecule has 1 aromatic carbocycles. The van der Waals surface area contributed by atoms with Crippen LogP contribution in [-0.4, -0.2) is 9.91 Å². The lowest BCUT2D eigenvalue weighted by molar-refractivity contribution is -0.385. The molecule has 0 aliphatic carbocycles. The van der Waals surface area contributed by atoms with Gasteiger partial charge in [0.25, 0.3) is 5.69 Å². The Kier molecular flexibility index (Phi) is 2.28. The first-order chi connectivity index (χ1) is 7.08. The van der Waals surface area contributed by atoms with E-state index < -0.39 is 4.92 Å². The molecule has 76 valence electrons. The van der Waals surface area contributed by atoms with Crippen LogP contribution < -0.4 is 0 Å². The first-order valence-electron chi connectivity index (χ1n) is 4.29. The molecule has 15 heavy (non-hydrogen) atoms. The van der Waals surface area contributed by atoms with E-state index in [4.69, 9.17) is 11.6 Å². The van der Waals surface area contributed by atoms with Gasteiger partial charge in [-0.3, -0.25) is 10.1 Å². The molecule has 1 aromatic heterocycles. The smallest absolute Gasteiger partial charge is 0.258 e. The summed E-state index contributed by atoms with van der Waals surface area (Å²) in [7, 11) is 0. The third-order valence-corrected chi connectivity index (χ3v) is 2.38. The minimum absolute atomic E-state index is 0.103. The van der Waals surface area contributed by atoms with Gasteiger partial charge < -0.3 is 0 Å². The summed E-state index contributed by atoms with van der Waals surface area (Å²) < 4.78 is 0. The Hall–Kier alpha value is -1.68. The Balaban J connectivity index is 2.76. The van der Waals surface area contributed by atoms with E-state index in [9.17, 15) is 10.1 Å². The molecule has 0 saturated heterocycles. The SMILES string of the molecule is Cc1cc2nc(Cl)ccc2cc1[N+](=O)[O-]. The molecule has 0 aliphatic rings. The predicted molar refractivity (Wildman–Crippen MR) is 58.1 cm³/mol. The van der Waals surface area contributed by atoms with Gasteiger partial charge in [0.2, 0.25) is 0 Å². The zero-order chi connectivity index (χ0) is 11.0. The number of aromatic nitrogens is 1. The molecule has 0 unspecified atom stereocenters. The van der Waals surface area contributed by atoms with E-state index in [1.165, 1.54) is 6.07 Å². The van der Waals surface area contributed by atoms with Crippen molar-refractivity contribution in [3.05, 3.63) is 45.1 Å². The fraction of sp³-hybridized carbons (Fsp3) is 0.100. The van der Waals surface area contributed by atoms with Crippen molar-refractivity contribution in [3.63, 3.8) is 0 Å². The summed E-state index contributed by atoms with van der Waals surface area (Å²) >= 11 is 5.73. The van der Waals surface area contributed by atoms with E-state index in [0.29, 0.717) is 16.2 Å². The van der Waals surface area contributed by atoms with Crippen LogP contribution in [0.5, 0.6) is 0 Å². The van der Waals surface area contributed by atoms with Crippen LogP contribution in [0.15, 0.2) is 24.3 Å². The van der Waals surface area contributed by atoms with Crippen molar-refractivity contribution in [1.82, 2.24) is 4.98 Å². The second kappa shape index (κ2) is 3.47. The normalized spacial score (nSPS) is 10.5. The highest BCUT2D eigenvalue weighted by atomic mass is 35.5. The van der Waals surface area contributed by atoms with Crippen LogP contribution in [0, 0.1) is 17.0 Å². The number of hydrogen-bond donors (Lipinski definition) is 0. The molecule has 0 fully saturated rings. The topological polar surface area (TPSA) is 56.0 Å². The van der Waals surface area contributed by atoms with Crippen molar-refractivity contribution in [3.8, 4) is 0 Å². The number of nitro benzene ring substituents is 1. The standard InChI is InChI=1S/C10H7ClN2O2/c1-6-4-8-7(2-3-10(11)12-8)5-9(6)13(14)15/h2-5H,1H3. The number of rotatable bonds is 1. The van der Waals surface area contributed by atoms with Gasteiger partial charge in [0.15, 0.2) is 0 Å². The highest BCUT2D eigenvalue weighted by Gasteiger charge is 2.11. The Morgan fingerprint density at radius 3 is 2.80 bits per heavy atom. The Morgan fingerprint density at radius 2 is 2.13 bits per heavy atom. The second-order valence-corrected chi connectivity index (χ2v) is 3.61. The van der Waals surface area contributed by atoms with Crippen LogP contribution in [0.3, 0.4) is 0 Å². The van der Waals surface area contributed by atoms with Crippen molar-refractivity contribution in [1.29, 1.82) is 0 Å². The Morgan fingerprint density at radius 1 is 1.40 bits per heavy atom. The molecular formula is C10H7ClN2O2. The number of benzene rings is 1. The lowest BCUT2D eigenvalue weighted by atomic mass is 10.1. The van der Waals surface area contributed by atoms with Gasteiger partial charge in [0.1, 0.15) is 5.15 Å². The van der Waals surface area contributed by atoms with Crippen LogP contribution >= 0.6 is 11.6 Å². The molecule has 4 nitrogen and oxygen atoms in total. The number of nitro groups is 1. The zero-order valence-electron chi connectivity index (χ0n) is 7.90. The lowest BCUT2D eigenvalue weighted by Crippen LogP contribution is -1.92. The first-order valence-corrected chi connectivity index (χ1v) is 4.67. The number of halogens is 1. The molecule has 2 aromatic rings. The molecular weight excluding hydrogens is 216 g/mol. The van der Waals surface area contributed by atoms with Gasteiger partial charge in [0.05, 0.1) is 10.4 Å². The number of nitrogens with zero attached hydrogens (tertiary/aromatic N) is 2. The maximum absolute atomic E-state index is 10.7. The van der Waals surface area contributed by atoms with E-state index in [-0.39, 0.29) is 5.69 Å². The molecule has 0 amide bonds. The van der Waals surface area contributed by atoms with Crippen LogP contribution in [0.2, 0.25) is 5.15 Å². The average Bonchev–Trinajstić information content (AvgIpc) is 2.15. The fourth-order valence-electron chi connectivity index (χ4n) is 1.44. The van der Waals surface area contributed by atoms with Crippen LogP contribution in [0.1, 0.15) is 5.56 Å². The highest BCUT2D eigenvalue weighted by Crippen LogP contribution is 2.25. The molecule has 0 bridgehead atoms. The van der Waals surface area contributed by atoms with E-state index in [0.717, 1.165) is 5.39 Å². The molecule has 0 N–H and O–H groups in total. The third kappa shape index (κ3) is 1.76. The monoisotopic (exact) mass is 222 g/mol. The van der Waals surface area contributed by atoms with Crippen molar-refractivity contribution < 1.29 is 4.92 Å². The molecule has 0 atom stereocenters. The molecule has 0 radical (unpaired) electrons. The third-order valence-electron chi connectivity index (χ3n) is 2.17. The lowest BCUT2D eigenvalue weighted by Gasteiger charge is -2.00. The summed E-state index contributed by atoms with van der Waals surface area (Å²) in [5, 5.41) is 11.8. The summed E-state index contributed by atoms with van der Waals surface area (Å²) in [5.74, 6) is 0. The number of hydrogen-bond acceptors (Lipinski definition) is 3. The predicted octanol–water partition coefficient (Wildman–Crippen LogP) is 3.10. The van der Waals surface area contributed by atoms with E-state index >= 15 is 0 Å². The number of aryl methyl sites for hydroxylation is 1. The maximum atomic E-state index is 10.7. The van der Waals surface area contributed by atoms with Gasteiger partial charge in [-0.2, -0.15) is 0 Å². The molecule has 0 aliphatic heterocycles. The van der Waals surface area contributed by atoms with Gasteiger partial charge in [0, 0.05) is 17.0 Å². The summed E-state index contributed by atoms with van der Waals surface area (Å²) in [5.41, 5.74) is 1.36. The molecule has 1 heterocycles. The quantitative estimate of drug-likeness (QED) is 0.423. The van der Waals surface area contributed by atoms with E-state index in [2.05, 4.69) is 4.98 Å². The summed E-state index contributed by atoms with van der Waals surface area (Å²) in [6.45, 7) is 1.68. The van der Waals surface area contributed by atoms with Gasteiger partial charge in [-0.1, -0.05) is 11.6 Å². The Bertz CT molecular complexity index is 554. The van der Waals surface area contributed by atoms with Gasteiger partial charge in [-0.05, 0) is 25.1 Å². The Labute approximate surface area is 90.7 Å². The maximum Gasteiger partial charge on any atom is 0.273 e. The minimum atomic E-state index is -0.399. The van der Waals surface area contributed by atoms with Gasteiger partial charge >= 0.3 is 0 Å². The average molecular weight is 223 g/mol. The highest BCUT2D eigenvalue weighted by molar-refractivity contribution is 6.29. The van der Waals surface area contributed by atoms with Crippen molar-refractivity contribution in [2.45, 2.75) is 6.92 Å². The van der Waals surface area contributed by atoms with E-state index in [1.54, 1.807) is 25.1 Å². The van der Waals surface area contributed by atoms with E-state index in [1.807, 2.05) is 0 Å². The summed E-state index contributed by atoms with van der Waals surface area (Å²) in [4.78, 5) is 14.4. The van der Waals surface area contributed by atoms with Crippen molar-refractivity contribution >= 4 is 28.2 Å². The molecule has 5 heteroatoms. The zero-order valence-corrected chi connectivity index (χ0v) is 8.65. The largest absolute Gasteiger partial charge is 0.273 e. The summed E-state index contributed by atoms with van der Waals surface area (Å²) in [6, 6.07) is 6.51. The first kappa shape index (κ1) is 9.86. The van der Waals surface area contributed by atoms with Crippen LogP contribution in [-0.2, 0) is 0 Å². The van der Waals surface area contributed by atoms with Gasteiger partial charge in [-0.25, -0.2) is 4.98 Å². The minimum Gasteiger partial charge on any atom is -0.258 e. The number of fused-ring (bicyclic) bond motifs is 1. The van der Waals surface area contributed by atoms with Gasteiger partial charge in [-0.15, -0.1) is 0 Å². The van der Waals surface area contributed by atoms with Crippen LogP contribution in [0.4, 0.5) is 5.69 Å². The van der Waals surface area contributed by atoms with Crippen molar-refractivity contribution in [2.75, 3.05) is 0 Å². The molecule has 0 saturated carbocycles.